The van der Waals surface area contributed by atoms with E-state index in [0.29, 0.717) is 13.0 Å². The molecule has 0 saturated carbocycles. The van der Waals surface area contributed by atoms with Crippen molar-refractivity contribution < 1.29 is 4.79 Å². The molecule has 0 aromatic carbocycles. The van der Waals surface area contributed by atoms with Gasteiger partial charge in [-0.15, -0.1) is 0 Å². The number of aromatic nitrogens is 1. The number of nitrogens with zero attached hydrogens (tertiary/aromatic N) is 3. The molecule has 0 N–H and O–H groups in total. The highest BCUT2D eigenvalue weighted by Gasteiger charge is 2.02. The summed E-state index contributed by atoms with van der Waals surface area (Å²) >= 11 is 0. The minimum atomic E-state index is -0.105. The second kappa shape index (κ2) is 6.36. The summed E-state index contributed by atoms with van der Waals surface area (Å²) in [6.07, 6.45) is 6.91. The Morgan fingerprint density at radius 3 is 2.88 bits per heavy atom. The Morgan fingerprint density at radius 1 is 1.56 bits per heavy atom. The smallest absolute Gasteiger partial charge is 0.246 e. The standard InChI is InChI=1S/C12H13N3O/c1-15(10-2-7-13)12(16)4-3-11-5-8-14-9-6-11/h3-6,8-9H,2,10H2,1H3/b4-3+. The van der Waals surface area contributed by atoms with Crippen LogP contribution in [-0.4, -0.2) is 29.4 Å². The fourth-order valence-corrected chi connectivity index (χ4v) is 1.10. The lowest BCUT2D eigenvalue weighted by Gasteiger charge is -2.12. The summed E-state index contributed by atoms with van der Waals surface area (Å²) in [7, 11) is 1.68. The van der Waals surface area contributed by atoms with Crippen molar-refractivity contribution in [2.45, 2.75) is 6.42 Å². The molecule has 1 amide bonds. The third kappa shape index (κ3) is 3.93. The Balaban J connectivity index is 2.51. The van der Waals surface area contributed by atoms with Crippen molar-refractivity contribution in [2.24, 2.45) is 0 Å². The number of carbonyl (C=O) groups is 1. The molecule has 82 valence electrons. The molecule has 0 saturated heterocycles. The van der Waals surface area contributed by atoms with Gasteiger partial charge in [-0.1, -0.05) is 0 Å². The van der Waals surface area contributed by atoms with Gasteiger partial charge in [0.1, 0.15) is 0 Å². The highest BCUT2D eigenvalue weighted by atomic mass is 16.2. The number of hydrogen-bond acceptors (Lipinski definition) is 3. The molecule has 0 aliphatic carbocycles. The van der Waals surface area contributed by atoms with Crippen molar-refractivity contribution in [3.63, 3.8) is 0 Å². The summed E-state index contributed by atoms with van der Waals surface area (Å²) in [4.78, 5) is 16.9. The predicted molar refractivity (Wildman–Crippen MR) is 61.1 cm³/mol. The Morgan fingerprint density at radius 2 is 2.25 bits per heavy atom. The maximum atomic E-state index is 11.5. The van der Waals surface area contributed by atoms with Crippen LogP contribution in [0.2, 0.25) is 0 Å². The van der Waals surface area contributed by atoms with Crippen LogP contribution in [-0.2, 0) is 4.79 Å². The van der Waals surface area contributed by atoms with Gasteiger partial charge in [0.25, 0.3) is 0 Å². The zero-order valence-electron chi connectivity index (χ0n) is 9.13. The van der Waals surface area contributed by atoms with Crippen molar-refractivity contribution in [2.75, 3.05) is 13.6 Å². The lowest BCUT2D eigenvalue weighted by Crippen LogP contribution is -2.25. The van der Waals surface area contributed by atoms with Crippen LogP contribution >= 0.6 is 0 Å². The first-order valence-corrected chi connectivity index (χ1v) is 4.94. The highest BCUT2D eigenvalue weighted by molar-refractivity contribution is 5.91. The van der Waals surface area contributed by atoms with Crippen molar-refractivity contribution in [3.05, 3.63) is 36.2 Å². The predicted octanol–water partition coefficient (Wildman–Crippen LogP) is 1.47. The molecule has 1 heterocycles. The van der Waals surface area contributed by atoms with Crippen LogP contribution in [0.3, 0.4) is 0 Å². The van der Waals surface area contributed by atoms with E-state index in [0.717, 1.165) is 5.56 Å². The molecule has 16 heavy (non-hydrogen) atoms. The first-order chi connectivity index (χ1) is 7.74. The van der Waals surface area contributed by atoms with Gasteiger partial charge in [-0.25, -0.2) is 0 Å². The average molecular weight is 215 g/mol. The van der Waals surface area contributed by atoms with Crippen LogP contribution < -0.4 is 0 Å². The molecule has 1 aromatic heterocycles. The molecule has 0 atom stereocenters. The van der Waals surface area contributed by atoms with Gasteiger partial charge >= 0.3 is 0 Å². The van der Waals surface area contributed by atoms with E-state index < -0.39 is 0 Å². The van der Waals surface area contributed by atoms with Crippen LogP contribution in [0.15, 0.2) is 30.6 Å². The van der Waals surface area contributed by atoms with Crippen molar-refractivity contribution in [1.29, 1.82) is 5.26 Å². The van der Waals surface area contributed by atoms with Gasteiger partial charge in [-0.3, -0.25) is 9.78 Å². The van der Waals surface area contributed by atoms with Crippen LogP contribution in [0.1, 0.15) is 12.0 Å². The van der Waals surface area contributed by atoms with Crippen molar-refractivity contribution in [1.82, 2.24) is 9.88 Å². The molecule has 0 aliphatic rings. The number of rotatable bonds is 4. The first-order valence-electron chi connectivity index (χ1n) is 4.94. The number of amides is 1. The van der Waals surface area contributed by atoms with Crippen molar-refractivity contribution in [3.8, 4) is 6.07 Å². The molecule has 0 aliphatic heterocycles. The molecular weight excluding hydrogens is 202 g/mol. The molecule has 4 heteroatoms. The molecule has 4 nitrogen and oxygen atoms in total. The summed E-state index contributed by atoms with van der Waals surface area (Å²) < 4.78 is 0. The van der Waals surface area contributed by atoms with E-state index in [1.54, 1.807) is 25.5 Å². The topological polar surface area (TPSA) is 57.0 Å². The van der Waals surface area contributed by atoms with Gasteiger partial charge in [-0.05, 0) is 23.8 Å². The largest absolute Gasteiger partial charge is 0.341 e. The number of pyridine rings is 1. The maximum Gasteiger partial charge on any atom is 0.246 e. The SMILES string of the molecule is CN(CCC#N)C(=O)/C=C/c1ccncc1. The van der Waals surface area contributed by atoms with Crippen LogP contribution in [0.4, 0.5) is 0 Å². The van der Waals surface area contributed by atoms with E-state index in [9.17, 15) is 4.79 Å². The van der Waals surface area contributed by atoms with Crippen LogP contribution in [0.25, 0.3) is 6.08 Å². The number of hydrogen-bond donors (Lipinski definition) is 0. The lowest BCUT2D eigenvalue weighted by atomic mass is 10.2. The highest BCUT2D eigenvalue weighted by Crippen LogP contribution is 2.00. The molecule has 0 fully saturated rings. The number of carbonyl (C=O) groups excluding carboxylic acids is 1. The molecule has 0 radical (unpaired) electrons. The van der Waals surface area contributed by atoms with Gasteiger partial charge in [-0.2, -0.15) is 5.26 Å². The van der Waals surface area contributed by atoms with E-state index in [1.165, 1.54) is 11.0 Å². The Bertz CT molecular complexity index is 406. The molecule has 1 rings (SSSR count). The normalized spacial score (nSPS) is 10.0. The minimum absolute atomic E-state index is 0.105. The number of nitriles is 1. The first kappa shape index (κ1) is 11.9. The Labute approximate surface area is 94.8 Å². The molecule has 0 unspecified atom stereocenters. The molecule has 0 spiro atoms. The van der Waals surface area contributed by atoms with E-state index in [1.807, 2.05) is 18.2 Å². The van der Waals surface area contributed by atoms with E-state index in [-0.39, 0.29) is 5.91 Å². The van der Waals surface area contributed by atoms with Gasteiger partial charge < -0.3 is 4.90 Å². The van der Waals surface area contributed by atoms with E-state index in [2.05, 4.69) is 4.98 Å². The fraction of sp³-hybridized carbons (Fsp3) is 0.250. The second-order valence-electron chi connectivity index (χ2n) is 3.28. The van der Waals surface area contributed by atoms with Gasteiger partial charge in [0.2, 0.25) is 5.91 Å². The lowest BCUT2D eigenvalue weighted by molar-refractivity contribution is -0.124. The average Bonchev–Trinajstić information content (AvgIpc) is 2.34. The second-order valence-corrected chi connectivity index (χ2v) is 3.28. The molecular formula is C12H13N3O. The summed E-state index contributed by atoms with van der Waals surface area (Å²) in [5.41, 5.74) is 0.928. The Kier molecular flexibility index (Phi) is 4.74. The third-order valence-corrected chi connectivity index (χ3v) is 2.06. The number of likely N-dealkylation sites (N-methyl/N-ethyl adjacent to an activating group) is 1. The minimum Gasteiger partial charge on any atom is -0.341 e. The van der Waals surface area contributed by atoms with E-state index >= 15 is 0 Å². The molecule has 1 aromatic rings. The van der Waals surface area contributed by atoms with Crippen LogP contribution in [0, 0.1) is 11.3 Å². The molecule has 0 bridgehead atoms. The Hall–Kier alpha value is -2.15. The van der Waals surface area contributed by atoms with Crippen molar-refractivity contribution >= 4 is 12.0 Å². The van der Waals surface area contributed by atoms with Gasteiger partial charge in [0, 0.05) is 32.1 Å². The third-order valence-electron chi connectivity index (χ3n) is 2.06. The van der Waals surface area contributed by atoms with Gasteiger partial charge in [0.15, 0.2) is 0 Å². The zero-order chi connectivity index (χ0) is 11.8. The van der Waals surface area contributed by atoms with Gasteiger partial charge in [0.05, 0.1) is 12.5 Å². The summed E-state index contributed by atoms with van der Waals surface area (Å²) in [5, 5.41) is 8.39. The summed E-state index contributed by atoms with van der Waals surface area (Å²) in [6, 6.07) is 5.64. The van der Waals surface area contributed by atoms with E-state index in [4.69, 9.17) is 5.26 Å². The monoisotopic (exact) mass is 215 g/mol. The maximum absolute atomic E-state index is 11.5. The fourth-order valence-electron chi connectivity index (χ4n) is 1.10. The quantitative estimate of drug-likeness (QED) is 0.714. The van der Waals surface area contributed by atoms with Crippen LogP contribution in [0.5, 0.6) is 0 Å². The summed E-state index contributed by atoms with van der Waals surface area (Å²) in [6.45, 7) is 0.454. The zero-order valence-corrected chi connectivity index (χ0v) is 9.13. The summed E-state index contributed by atoms with van der Waals surface area (Å²) in [5.74, 6) is -0.105.